The van der Waals surface area contributed by atoms with Crippen LogP contribution in [0.2, 0.25) is 0 Å². The second kappa shape index (κ2) is 3.75. The number of alkyl halides is 3. The van der Waals surface area contributed by atoms with Crippen LogP contribution in [0.15, 0.2) is 36.5 Å². The summed E-state index contributed by atoms with van der Waals surface area (Å²) in [5.74, 6) is 0. The number of hydrogen-bond donors (Lipinski definition) is 1. The average molecular weight is 226 g/mol. The summed E-state index contributed by atoms with van der Waals surface area (Å²) in [5, 5.41) is 0.440. The van der Waals surface area contributed by atoms with Crippen molar-refractivity contribution in [3.05, 3.63) is 42.1 Å². The fraction of sp³-hybridized carbons (Fsp3) is 0.182. The van der Waals surface area contributed by atoms with Gasteiger partial charge in [-0.15, -0.1) is 0 Å². The van der Waals surface area contributed by atoms with Crippen molar-refractivity contribution in [1.82, 2.24) is 4.98 Å². The van der Waals surface area contributed by atoms with E-state index in [1.165, 1.54) is 18.3 Å². The molecule has 16 heavy (non-hydrogen) atoms. The Morgan fingerprint density at radius 3 is 2.56 bits per heavy atom. The van der Waals surface area contributed by atoms with Crippen molar-refractivity contribution in [3.63, 3.8) is 0 Å². The molecule has 2 nitrogen and oxygen atoms in total. The summed E-state index contributed by atoms with van der Waals surface area (Å²) in [6, 6.07) is 5.76. The van der Waals surface area contributed by atoms with Gasteiger partial charge in [-0.1, -0.05) is 18.2 Å². The molecule has 0 fully saturated rings. The molecule has 0 aliphatic rings. The van der Waals surface area contributed by atoms with Crippen LogP contribution in [0, 0.1) is 0 Å². The van der Waals surface area contributed by atoms with Crippen molar-refractivity contribution >= 4 is 10.9 Å². The van der Waals surface area contributed by atoms with Gasteiger partial charge in [-0.25, -0.2) is 0 Å². The third kappa shape index (κ3) is 1.86. The predicted octanol–water partition coefficient (Wildman–Crippen LogP) is 2.80. The highest BCUT2D eigenvalue weighted by atomic mass is 19.4. The van der Waals surface area contributed by atoms with Crippen LogP contribution >= 0.6 is 0 Å². The van der Waals surface area contributed by atoms with E-state index >= 15 is 0 Å². The maximum atomic E-state index is 12.5. The second-order valence-corrected chi connectivity index (χ2v) is 3.44. The topological polar surface area (TPSA) is 38.9 Å². The molecular weight excluding hydrogens is 217 g/mol. The highest BCUT2D eigenvalue weighted by molar-refractivity contribution is 5.82. The Kier molecular flexibility index (Phi) is 2.55. The summed E-state index contributed by atoms with van der Waals surface area (Å²) in [7, 11) is 0. The molecule has 0 bridgehead atoms. The normalized spacial score (nSPS) is 14.0. The van der Waals surface area contributed by atoms with Crippen LogP contribution in [0.5, 0.6) is 0 Å². The quantitative estimate of drug-likeness (QED) is 0.812. The molecule has 2 rings (SSSR count). The first-order valence-electron chi connectivity index (χ1n) is 4.66. The third-order valence-corrected chi connectivity index (χ3v) is 2.37. The van der Waals surface area contributed by atoms with E-state index in [2.05, 4.69) is 4.98 Å². The number of nitrogens with zero attached hydrogens (tertiary/aromatic N) is 1. The van der Waals surface area contributed by atoms with Gasteiger partial charge in [0.2, 0.25) is 0 Å². The molecule has 0 saturated heterocycles. The Morgan fingerprint density at radius 1 is 1.12 bits per heavy atom. The molecule has 0 radical (unpaired) electrons. The Hall–Kier alpha value is -1.62. The molecule has 0 aliphatic carbocycles. The predicted molar refractivity (Wildman–Crippen MR) is 54.7 cm³/mol. The summed E-state index contributed by atoms with van der Waals surface area (Å²) < 4.78 is 37.6. The van der Waals surface area contributed by atoms with Crippen LogP contribution in [0.4, 0.5) is 13.2 Å². The molecule has 1 heterocycles. The lowest BCUT2D eigenvalue weighted by Crippen LogP contribution is -2.28. The number of hydrogen-bond acceptors (Lipinski definition) is 2. The van der Waals surface area contributed by atoms with Crippen LogP contribution in [-0.4, -0.2) is 11.2 Å². The number of pyridine rings is 1. The van der Waals surface area contributed by atoms with Gasteiger partial charge in [-0.2, -0.15) is 13.2 Å². The molecule has 1 atom stereocenters. The molecule has 1 aromatic heterocycles. The molecule has 2 N–H and O–H groups in total. The monoisotopic (exact) mass is 226 g/mol. The van der Waals surface area contributed by atoms with Gasteiger partial charge < -0.3 is 5.73 Å². The summed E-state index contributed by atoms with van der Waals surface area (Å²) in [6.07, 6.45) is -2.91. The zero-order chi connectivity index (χ0) is 11.8. The number of benzene rings is 1. The number of fused-ring (bicyclic) bond motifs is 1. The SMILES string of the molecule is N[C@H](c1cccc2ncccc12)C(F)(F)F. The van der Waals surface area contributed by atoms with Crippen molar-refractivity contribution in [2.75, 3.05) is 0 Å². The minimum atomic E-state index is -4.44. The molecule has 0 unspecified atom stereocenters. The number of halogens is 3. The maximum Gasteiger partial charge on any atom is 0.407 e. The van der Waals surface area contributed by atoms with E-state index in [4.69, 9.17) is 5.73 Å². The largest absolute Gasteiger partial charge is 0.407 e. The van der Waals surface area contributed by atoms with Gasteiger partial charge in [0.15, 0.2) is 0 Å². The van der Waals surface area contributed by atoms with E-state index in [1.54, 1.807) is 18.2 Å². The lowest BCUT2D eigenvalue weighted by atomic mass is 10.0. The minimum Gasteiger partial charge on any atom is -0.316 e. The number of rotatable bonds is 1. The van der Waals surface area contributed by atoms with Gasteiger partial charge in [-0.05, 0) is 17.7 Å². The molecule has 1 aromatic carbocycles. The summed E-state index contributed by atoms with van der Waals surface area (Å²) >= 11 is 0. The first-order valence-corrected chi connectivity index (χ1v) is 4.66. The van der Waals surface area contributed by atoms with Crippen molar-refractivity contribution in [2.45, 2.75) is 12.2 Å². The van der Waals surface area contributed by atoms with Crippen LogP contribution in [0.1, 0.15) is 11.6 Å². The Labute approximate surface area is 89.9 Å². The van der Waals surface area contributed by atoms with E-state index in [0.29, 0.717) is 10.9 Å². The highest BCUT2D eigenvalue weighted by Gasteiger charge is 2.38. The minimum absolute atomic E-state index is 0.0538. The van der Waals surface area contributed by atoms with E-state index < -0.39 is 12.2 Å². The third-order valence-electron chi connectivity index (χ3n) is 2.37. The van der Waals surface area contributed by atoms with Gasteiger partial charge in [0.05, 0.1) is 5.52 Å². The van der Waals surface area contributed by atoms with Gasteiger partial charge >= 0.3 is 6.18 Å². The fourth-order valence-corrected chi connectivity index (χ4v) is 1.57. The van der Waals surface area contributed by atoms with Gasteiger partial charge in [0, 0.05) is 11.6 Å². The van der Waals surface area contributed by atoms with Crippen molar-refractivity contribution in [3.8, 4) is 0 Å². The highest BCUT2D eigenvalue weighted by Crippen LogP contribution is 2.33. The average Bonchev–Trinajstić information content (AvgIpc) is 2.26. The summed E-state index contributed by atoms with van der Waals surface area (Å²) in [5.41, 5.74) is 5.75. The first kappa shape index (κ1) is 10.9. The maximum absolute atomic E-state index is 12.5. The van der Waals surface area contributed by atoms with Crippen LogP contribution < -0.4 is 5.73 Å². The van der Waals surface area contributed by atoms with E-state index in [1.807, 2.05) is 0 Å². The Morgan fingerprint density at radius 2 is 1.88 bits per heavy atom. The number of nitrogens with two attached hydrogens (primary N) is 1. The van der Waals surface area contributed by atoms with Crippen LogP contribution in [-0.2, 0) is 0 Å². The van der Waals surface area contributed by atoms with Gasteiger partial charge in [0.1, 0.15) is 6.04 Å². The van der Waals surface area contributed by atoms with E-state index in [0.717, 1.165) is 0 Å². The Balaban J connectivity index is 2.61. The first-order chi connectivity index (χ1) is 7.50. The van der Waals surface area contributed by atoms with Gasteiger partial charge in [0.25, 0.3) is 0 Å². The van der Waals surface area contributed by atoms with Gasteiger partial charge in [-0.3, -0.25) is 4.98 Å². The molecule has 0 saturated carbocycles. The molecule has 0 aliphatic heterocycles. The van der Waals surface area contributed by atoms with Crippen molar-refractivity contribution in [1.29, 1.82) is 0 Å². The summed E-state index contributed by atoms with van der Waals surface area (Å²) in [6.45, 7) is 0. The fourth-order valence-electron chi connectivity index (χ4n) is 1.57. The second-order valence-electron chi connectivity index (χ2n) is 3.44. The van der Waals surface area contributed by atoms with E-state index in [-0.39, 0.29) is 5.56 Å². The lowest BCUT2D eigenvalue weighted by Gasteiger charge is -2.17. The molecule has 0 spiro atoms. The number of aromatic nitrogens is 1. The molecule has 5 heteroatoms. The molecule has 84 valence electrons. The van der Waals surface area contributed by atoms with E-state index in [9.17, 15) is 13.2 Å². The molecule has 2 aromatic rings. The lowest BCUT2D eigenvalue weighted by molar-refractivity contribution is -0.148. The van der Waals surface area contributed by atoms with Crippen LogP contribution in [0.25, 0.3) is 10.9 Å². The van der Waals surface area contributed by atoms with Crippen molar-refractivity contribution in [2.24, 2.45) is 5.73 Å². The van der Waals surface area contributed by atoms with Crippen LogP contribution in [0.3, 0.4) is 0 Å². The smallest absolute Gasteiger partial charge is 0.316 e. The zero-order valence-electron chi connectivity index (χ0n) is 8.20. The summed E-state index contributed by atoms with van der Waals surface area (Å²) in [4.78, 5) is 3.98. The Bertz CT molecular complexity index is 503. The molecule has 0 amide bonds. The molecular formula is C11H9F3N2. The zero-order valence-corrected chi connectivity index (χ0v) is 8.20. The van der Waals surface area contributed by atoms with Crippen molar-refractivity contribution < 1.29 is 13.2 Å². The standard InChI is InChI=1S/C11H9F3N2/c12-11(13,14)10(15)8-3-1-5-9-7(8)4-2-6-16-9/h1-6,10H,15H2/t10-/m1/s1.